The van der Waals surface area contributed by atoms with Crippen LogP contribution in [0.25, 0.3) is 0 Å². The van der Waals surface area contributed by atoms with E-state index in [2.05, 4.69) is 5.32 Å². The number of hydrogen-bond donors (Lipinski definition) is 1. The maximum absolute atomic E-state index is 14.0. The third-order valence-corrected chi connectivity index (χ3v) is 9.48. The van der Waals surface area contributed by atoms with Crippen molar-refractivity contribution in [3.8, 4) is 5.75 Å². The average Bonchev–Trinajstić information content (AvgIpc) is 3.48. The number of methoxy groups -OCH3 is 1. The number of benzene rings is 3. The van der Waals surface area contributed by atoms with Crippen molar-refractivity contribution in [2.45, 2.75) is 56.1 Å². The summed E-state index contributed by atoms with van der Waals surface area (Å²) in [4.78, 5) is 28.7. The summed E-state index contributed by atoms with van der Waals surface area (Å²) < 4.78 is 33.9. The fourth-order valence-electron chi connectivity index (χ4n) is 4.82. The lowest BCUT2D eigenvalue weighted by Crippen LogP contribution is -2.52. The van der Waals surface area contributed by atoms with Crippen LogP contribution < -0.4 is 14.4 Å². The normalized spacial score (nSPS) is 14.3. The van der Waals surface area contributed by atoms with Crippen molar-refractivity contribution >= 4 is 50.7 Å². The number of sulfonamides is 1. The summed E-state index contributed by atoms with van der Waals surface area (Å²) in [5, 5.41) is 3.44. The summed E-state index contributed by atoms with van der Waals surface area (Å²) in [6, 6.07) is 18.5. The molecule has 1 aliphatic rings. The number of hydrogen-bond acceptors (Lipinski definition) is 5. The third-order valence-electron chi connectivity index (χ3n) is 7.17. The van der Waals surface area contributed by atoms with Gasteiger partial charge in [0.2, 0.25) is 11.8 Å². The average molecular weight is 619 g/mol. The van der Waals surface area contributed by atoms with E-state index in [1.807, 2.05) is 0 Å². The molecule has 3 aromatic rings. The number of carbonyl (C=O) groups is 2. The molecule has 3 aromatic carbocycles. The van der Waals surface area contributed by atoms with Crippen molar-refractivity contribution in [2.24, 2.45) is 0 Å². The van der Waals surface area contributed by atoms with Crippen LogP contribution in [0.15, 0.2) is 77.7 Å². The van der Waals surface area contributed by atoms with E-state index in [-0.39, 0.29) is 34.1 Å². The molecule has 1 aliphatic carbocycles. The highest BCUT2D eigenvalue weighted by atomic mass is 35.5. The molecule has 0 radical (unpaired) electrons. The molecule has 0 spiro atoms. The smallest absolute Gasteiger partial charge is 0.264 e. The number of nitrogens with one attached hydrogen (secondary N) is 1. The first kappa shape index (κ1) is 30.7. The van der Waals surface area contributed by atoms with Crippen LogP contribution in [0.2, 0.25) is 10.0 Å². The van der Waals surface area contributed by atoms with E-state index in [4.69, 9.17) is 27.9 Å². The van der Waals surface area contributed by atoms with Gasteiger partial charge in [-0.3, -0.25) is 13.9 Å². The molecular formula is C30H33Cl2N3O5S. The SMILES string of the molecule is COc1ccc(CN(C(=O)CN(c2ccc(Cl)cc2Cl)S(=O)(=O)c2ccccc2)[C@@H](C)C(=O)NC2CCCC2)cc1. The zero-order valence-electron chi connectivity index (χ0n) is 22.9. The van der Waals surface area contributed by atoms with Crippen LogP contribution in [0, 0.1) is 0 Å². The van der Waals surface area contributed by atoms with Crippen LogP contribution in [-0.4, -0.2) is 50.9 Å². The number of rotatable bonds is 11. The minimum absolute atomic E-state index is 0.00690. The number of carbonyl (C=O) groups excluding carboxylic acids is 2. The molecule has 0 unspecified atom stereocenters. The maximum atomic E-state index is 14.0. The predicted octanol–water partition coefficient (Wildman–Crippen LogP) is 5.67. The number of nitrogens with zero attached hydrogens (tertiary/aromatic N) is 2. The Hall–Kier alpha value is -3.27. The lowest BCUT2D eigenvalue weighted by Gasteiger charge is -2.32. The zero-order valence-corrected chi connectivity index (χ0v) is 25.3. The van der Waals surface area contributed by atoms with Gasteiger partial charge in [-0.25, -0.2) is 8.42 Å². The summed E-state index contributed by atoms with van der Waals surface area (Å²) in [5.74, 6) is -0.211. The second-order valence-corrected chi connectivity index (χ2v) is 12.7. The summed E-state index contributed by atoms with van der Waals surface area (Å²) in [7, 11) is -2.66. The van der Waals surface area contributed by atoms with Crippen molar-refractivity contribution < 1.29 is 22.7 Å². The van der Waals surface area contributed by atoms with Crippen LogP contribution >= 0.6 is 23.2 Å². The molecule has 1 fully saturated rings. The van der Waals surface area contributed by atoms with Gasteiger partial charge in [0, 0.05) is 17.6 Å². The highest BCUT2D eigenvalue weighted by Gasteiger charge is 2.34. The molecule has 0 aromatic heterocycles. The van der Waals surface area contributed by atoms with Crippen LogP contribution in [-0.2, 0) is 26.2 Å². The van der Waals surface area contributed by atoms with Gasteiger partial charge in [0.1, 0.15) is 18.3 Å². The predicted molar refractivity (Wildman–Crippen MR) is 161 cm³/mol. The molecule has 1 N–H and O–H groups in total. The largest absolute Gasteiger partial charge is 0.497 e. The van der Waals surface area contributed by atoms with Crippen LogP contribution in [0.3, 0.4) is 0 Å². The molecule has 8 nitrogen and oxygen atoms in total. The fourth-order valence-corrected chi connectivity index (χ4v) is 6.83. The van der Waals surface area contributed by atoms with Gasteiger partial charge >= 0.3 is 0 Å². The molecule has 0 aliphatic heterocycles. The number of ether oxygens (including phenoxy) is 1. The Morgan fingerprint density at radius 2 is 1.66 bits per heavy atom. The van der Waals surface area contributed by atoms with E-state index in [0.717, 1.165) is 35.6 Å². The number of anilines is 1. The first-order valence-corrected chi connectivity index (χ1v) is 15.6. The van der Waals surface area contributed by atoms with Gasteiger partial charge in [0.05, 0.1) is 22.7 Å². The Morgan fingerprint density at radius 1 is 1.00 bits per heavy atom. The van der Waals surface area contributed by atoms with Crippen molar-refractivity contribution in [1.29, 1.82) is 0 Å². The highest BCUT2D eigenvalue weighted by Crippen LogP contribution is 2.33. The summed E-state index contributed by atoms with van der Waals surface area (Å²) in [5.41, 5.74) is 0.849. The molecule has 0 saturated heterocycles. The molecule has 1 atom stereocenters. The van der Waals surface area contributed by atoms with E-state index >= 15 is 0 Å². The fraction of sp³-hybridized carbons (Fsp3) is 0.333. The van der Waals surface area contributed by atoms with E-state index in [1.54, 1.807) is 56.5 Å². The van der Waals surface area contributed by atoms with Gasteiger partial charge in [-0.05, 0) is 67.8 Å². The molecule has 41 heavy (non-hydrogen) atoms. The van der Waals surface area contributed by atoms with Crippen LogP contribution in [0.5, 0.6) is 5.75 Å². The first-order valence-electron chi connectivity index (χ1n) is 13.4. The molecule has 2 amide bonds. The lowest BCUT2D eigenvalue weighted by molar-refractivity contribution is -0.139. The van der Waals surface area contributed by atoms with Gasteiger partial charge in [-0.15, -0.1) is 0 Å². The molecular weight excluding hydrogens is 585 g/mol. The van der Waals surface area contributed by atoms with E-state index in [0.29, 0.717) is 10.8 Å². The number of amides is 2. The monoisotopic (exact) mass is 617 g/mol. The van der Waals surface area contributed by atoms with Crippen LogP contribution in [0.1, 0.15) is 38.2 Å². The molecule has 11 heteroatoms. The standard InChI is InChI=1S/C30H33Cl2N3O5S/c1-21(30(37)33-24-8-6-7-9-24)34(19-22-12-15-25(40-2)16-13-22)29(36)20-35(28-17-14-23(31)18-27(28)32)41(38,39)26-10-4-3-5-11-26/h3-5,10-18,21,24H,6-9,19-20H2,1-2H3,(H,33,37)/t21-/m0/s1. The van der Waals surface area contributed by atoms with Gasteiger partial charge in [-0.2, -0.15) is 0 Å². The van der Waals surface area contributed by atoms with Crippen molar-refractivity contribution in [3.05, 3.63) is 88.4 Å². The van der Waals surface area contributed by atoms with Gasteiger partial charge < -0.3 is 15.0 Å². The Kier molecular flexibility index (Phi) is 10.2. The third kappa shape index (κ3) is 7.52. The van der Waals surface area contributed by atoms with Crippen molar-refractivity contribution in [1.82, 2.24) is 10.2 Å². The van der Waals surface area contributed by atoms with E-state index in [9.17, 15) is 18.0 Å². The summed E-state index contributed by atoms with van der Waals surface area (Å²) in [6.45, 7) is 1.14. The Morgan fingerprint density at radius 3 is 2.27 bits per heavy atom. The highest BCUT2D eigenvalue weighted by molar-refractivity contribution is 7.92. The van der Waals surface area contributed by atoms with Crippen molar-refractivity contribution in [3.63, 3.8) is 0 Å². The van der Waals surface area contributed by atoms with E-state index < -0.39 is 28.5 Å². The Labute approximate surface area is 251 Å². The molecule has 0 bridgehead atoms. The Balaban J connectivity index is 1.69. The minimum Gasteiger partial charge on any atom is -0.497 e. The second-order valence-electron chi connectivity index (χ2n) is 9.96. The second kappa shape index (κ2) is 13.6. The summed E-state index contributed by atoms with van der Waals surface area (Å²) in [6.07, 6.45) is 3.87. The van der Waals surface area contributed by atoms with Gasteiger partial charge in [-0.1, -0.05) is 66.4 Å². The molecule has 1 saturated carbocycles. The van der Waals surface area contributed by atoms with Gasteiger partial charge in [0.25, 0.3) is 10.0 Å². The Bertz CT molecular complexity index is 1460. The minimum atomic E-state index is -4.22. The molecule has 4 rings (SSSR count). The molecule has 218 valence electrons. The van der Waals surface area contributed by atoms with Crippen molar-refractivity contribution in [2.75, 3.05) is 18.0 Å². The topological polar surface area (TPSA) is 96.0 Å². The quantitative estimate of drug-likeness (QED) is 0.299. The lowest BCUT2D eigenvalue weighted by atomic mass is 10.1. The maximum Gasteiger partial charge on any atom is 0.264 e. The first-order chi connectivity index (χ1) is 19.6. The zero-order chi connectivity index (χ0) is 29.6. The summed E-state index contributed by atoms with van der Waals surface area (Å²) >= 11 is 12.5. The van der Waals surface area contributed by atoms with Crippen LogP contribution in [0.4, 0.5) is 5.69 Å². The number of halogens is 2. The van der Waals surface area contributed by atoms with Gasteiger partial charge in [0.15, 0.2) is 0 Å². The molecule has 0 heterocycles. The van der Waals surface area contributed by atoms with E-state index in [1.165, 1.54) is 35.2 Å².